The number of amides is 1. The Labute approximate surface area is 137 Å². The molecule has 0 fully saturated rings. The molecule has 0 aliphatic rings. The first-order valence-electron chi connectivity index (χ1n) is 7.17. The Morgan fingerprint density at radius 2 is 1.91 bits per heavy atom. The molecule has 0 radical (unpaired) electrons. The summed E-state index contributed by atoms with van der Waals surface area (Å²) < 4.78 is 4.94. The molecule has 3 rings (SSSR count). The number of anilines is 1. The van der Waals surface area contributed by atoms with E-state index in [1.54, 1.807) is 13.0 Å². The molecule has 2 aromatic heterocycles. The van der Waals surface area contributed by atoms with E-state index in [4.69, 9.17) is 4.52 Å². The van der Waals surface area contributed by atoms with Crippen molar-refractivity contribution >= 4 is 34.5 Å². The Kier molecular flexibility index (Phi) is 4.29. The zero-order chi connectivity index (χ0) is 16.4. The van der Waals surface area contributed by atoms with Gasteiger partial charge in [0.1, 0.15) is 10.8 Å². The normalized spacial score (nSPS) is 12.3. The number of aryl methyl sites for hydroxylation is 2. The number of rotatable bonds is 4. The zero-order valence-corrected chi connectivity index (χ0v) is 13.8. The highest BCUT2D eigenvalue weighted by Gasteiger charge is 2.18. The van der Waals surface area contributed by atoms with Crippen LogP contribution >= 0.6 is 11.8 Å². The number of para-hydroxylation sites is 2. The van der Waals surface area contributed by atoms with Crippen molar-refractivity contribution in [2.45, 2.75) is 31.0 Å². The number of hydrogen-bond acceptors (Lipinski definition) is 6. The summed E-state index contributed by atoms with van der Waals surface area (Å²) >= 11 is 1.38. The molecule has 23 heavy (non-hydrogen) atoms. The SMILES string of the molecule is Cc1cc(NC(=O)C(C)Sc2nc3ccccc3nc2C)no1. The number of carbonyl (C=O) groups excluding carboxylic acids is 1. The van der Waals surface area contributed by atoms with E-state index in [0.717, 1.165) is 21.8 Å². The average Bonchev–Trinajstić information content (AvgIpc) is 2.93. The molecule has 1 unspecified atom stereocenters. The second-order valence-electron chi connectivity index (χ2n) is 5.18. The third-order valence-electron chi connectivity index (χ3n) is 3.24. The van der Waals surface area contributed by atoms with Crippen LogP contribution in [0.5, 0.6) is 0 Å². The van der Waals surface area contributed by atoms with Gasteiger partial charge < -0.3 is 9.84 Å². The maximum absolute atomic E-state index is 12.2. The van der Waals surface area contributed by atoms with Crippen molar-refractivity contribution in [1.82, 2.24) is 15.1 Å². The molecular weight excluding hydrogens is 312 g/mol. The molecule has 0 bridgehead atoms. The second-order valence-corrected chi connectivity index (χ2v) is 6.50. The summed E-state index contributed by atoms with van der Waals surface area (Å²) in [6.45, 7) is 5.49. The molecule has 7 heteroatoms. The van der Waals surface area contributed by atoms with Crippen LogP contribution < -0.4 is 5.32 Å². The monoisotopic (exact) mass is 328 g/mol. The Bertz CT molecular complexity index is 862. The number of thioether (sulfide) groups is 1. The van der Waals surface area contributed by atoms with Crippen LogP contribution in [0.1, 0.15) is 18.4 Å². The number of hydrogen-bond donors (Lipinski definition) is 1. The van der Waals surface area contributed by atoms with Crippen molar-refractivity contribution in [3.8, 4) is 0 Å². The maximum atomic E-state index is 12.2. The fourth-order valence-corrected chi connectivity index (χ4v) is 2.93. The third kappa shape index (κ3) is 3.50. The lowest BCUT2D eigenvalue weighted by atomic mass is 10.3. The number of carbonyl (C=O) groups is 1. The summed E-state index contributed by atoms with van der Waals surface area (Å²) in [7, 11) is 0. The molecule has 0 saturated carbocycles. The largest absolute Gasteiger partial charge is 0.360 e. The molecule has 0 aliphatic carbocycles. The quantitative estimate of drug-likeness (QED) is 0.740. The van der Waals surface area contributed by atoms with Crippen molar-refractivity contribution < 1.29 is 9.32 Å². The van der Waals surface area contributed by atoms with Crippen molar-refractivity contribution in [3.05, 3.63) is 41.8 Å². The van der Waals surface area contributed by atoms with Gasteiger partial charge in [-0.2, -0.15) is 0 Å². The van der Waals surface area contributed by atoms with Crippen LogP contribution in [0.15, 0.2) is 39.9 Å². The highest BCUT2D eigenvalue weighted by atomic mass is 32.2. The first-order chi connectivity index (χ1) is 11.0. The average molecular weight is 328 g/mol. The summed E-state index contributed by atoms with van der Waals surface area (Å²) in [6, 6.07) is 9.36. The van der Waals surface area contributed by atoms with Crippen LogP contribution in [-0.2, 0) is 4.79 Å². The molecule has 118 valence electrons. The van der Waals surface area contributed by atoms with Crippen LogP contribution in [0.25, 0.3) is 11.0 Å². The van der Waals surface area contributed by atoms with Gasteiger partial charge in [-0.05, 0) is 32.9 Å². The van der Waals surface area contributed by atoms with Crippen molar-refractivity contribution in [1.29, 1.82) is 0 Å². The number of nitrogens with zero attached hydrogens (tertiary/aromatic N) is 3. The maximum Gasteiger partial charge on any atom is 0.238 e. The standard InChI is InChI=1S/C16H16N4O2S/c1-9-8-14(20-22-9)19-15(21)11(3)23-16-10(2)17-12-6-4-5-7-13(12)18-16/h4-8,11H,1-3H3,(H,19,20,21). The van der Waals surface area contributed by atoms with Gasteiger partial charge in [0.2, 0.25) is 5.91 Å². The predicted octanol–water partition coefficient (Wildman–Crippen LogP) is 3.35. The fourth-order valence-electron chi connectivity index (χ4n) is 2.06. The highest BCUT2D eigenvalue weighted by Crippen LogP contribution is 2.26. The minimum Gasteiger partial charge on any atom is -0.360 e. The van der Waals surface area contributed by atoms with Crippen LogP contribution in [0.4, 0.5) is 5.82 Å². The van der Waals surface area contributed by atoms with E-state index in [0.29, 0.717) is 11.6 Å². The Balaban J connectivity index is 1.75. The van der Waals surface area contributed by atoms with Gasteiger partial charge >= 0.3 is 0 Å². The third-order valence-corrected chi connectivity index (χ3v) is 4.42. The van der Waals surface area contributed by atoms with Gasteiger partial charge in [0.05, 0.1) is 22.0 Å². The number of nitrogens with one attached hydrogen (secondary N) is 1. The van der Waals surface area contributed by atoms with E-state index in [1.165, 1.54) is 11.8 Å². The molecule has 0 aliphatic heterocycles. The van der Waals surface area contributed by atoms with E-state index in [1.807, 2.05) is 38.1 Å². The number of benzene rings is 1. The molecule has 1 aromatic carbocycles. The summed E-state index contributed by atoms with van der Waals surface area (Å²) in [5.74, 6) is 0.913. The van der Waals surface area contributed by atoms with Gasteiger partial charge in [-0.3, -0.25) is 4.79 Å². The van der Waals surface area contributed by atoms with Crippen LogP contribution in [0.3, 0.4) is 0 Å². The van der Waals surface area contributed by atoms with Crippen molar-refractivity contribution in [3.63, 3.8) is 0 Å². The first-order valence-corrected chi connectivity index (χ1v) is 8.05. The van der Waals surface area contributed by atoms with E-state index in [-0.39, 0.29) is 11.2 Å². The zero-order valence-electron chi connectivity index (χ0n) is 13.0. The van der Waals surface area contributed by atoms with Gasteiger partial charge in [0.15, 0.2) is 5.82 Å². The van der Waals surface area contributed by atoms with Gasteiger partial charge in [-0.25, -0.2) is 9.97 Å². The lowest BCUT2D eigenvalue weighted by Gasteiger charge is -2.11. The van der Waals surface area contributed by atoms with Gasteiger partial charge in [0, 0.05) is 6.07 Å². The molecule has 3 aromatic rings. The smallest absolute Gasteiger partial charge is 0.238 e. The summed E-state index contributed by atoms with van der Waals surface area (Å²) in [6.07, 6.45) is 0. The van der Waals surface area contributed by atoms with E-state index < -0.39 is 0 Å². The lowest BCUT2D eigenvalue weighted by Crippen LogP contribution is -2.22. The van der Waals surface area contributed by atoms with Gasteiger partial charge in [-0.15, -0.1) is 0 Å². The van der Waals surface area contributed by atoms with Gasteiger partial charge in [0.25, 0.3) is 0 Å². The molecule has 6 nitrogen and oxygen atoms in total. The predicted molar refractivity (Wildman–Crippen MR) is 89.5 cm³/mol. The molecule has 0 spiro atoms. The van der Waals surface area contributed by atoms with Crippen LogP contribution in [-0.4, -0.2) is 26.3 Å². The topological polar surface area (TPSA) is 80.9 Å². The Hall–Kier alpha value is -2.41. The van der Waals surface area contributed by atoms with E-state index >= 15 is 0 Å². The summed E-state index contributed by atoms with van der Waals surface area (Å²) in [5.41, 5.74) is 2.48. The molecule has 0 saturated heterocycles. The molecule has 1 N–H and O–H groups in total. The lowest BCUT2D eigenvalue weighted by molar-refractivity contribution is -0.115. The summed E-state index contributed by atoms with van der Waals surface area (Å²) in [5, 5.41) is 6.91. The van der Waals surface area contributed by atoms with Gasteiger partial charge in [-0.1, -0.05) is 29.1 Å². The van der Waals surface area contributed by atoms with Crippen molar-refractivity contribution in [2.75, 3.05) is 5.32 Å². The molecule has 1 atom stereocenters. The fraction of sp³-hybridized carbons (Fsp3) is 0.250. The molecule has 2 heterocycles. The minimum absolute atomic E-state index is 0.155. The van der Waals surface area contributed by atoms with E-state index in [2.05, 4.69) is 20.4 Å². The van der Waals surface area contributed by atoms with Crippen LogP contribution in [0.2, 0.25) is 0 Å². The highest BCUT2D eigenvalue weighted by molar-refractivity contribution is 8.00. The van der Waals surface area contributed by atoms with E-state index in [9.17, 15) is 4.79 Å². The summed E-state index contributed by atoms with van der Waals surface area (Å²) in [4.78, 5) is 21.4. The molecular formula is C16H16N4O2S. The second kappa shape index (κ2) is 6.37. The number of fused-ring (bicyclic) bond motifs is 1. The van der Waals surface area contributed by atoms with Crippen molar-refractivity contribution in [2.24, 2.45) is 0 Å². The van der Waals surface area contributed by atoms with Crippen LogP contribution in [0, 0.1) is 13.8 Å². The Morgan fingerprint density at radius 1 is 1.22 bits per heavy atom. The first kappa shape index (κ1) is 15.5. The molecule has 1 amide bonds. The minimum atomic E-state index is -0.332. The number of aromatic nitrogens is 3. The Morgan fingerprint density at radius 3 is 2.57 bits per heavy atom.